The van der Waals surface area contributed by atoms with Crippen molar-refractivity contribution in [3.8, 4) is 0 Å². The van der Waals surface area contributed by atoms with Crippen molar-refractivity contribution in [2.75, 3.05) is 16.8 Å². The van der Waals surface area contributed by atoms with Crippen LogP contribution >= 0.6 is 27.5 Å². The van der Waals surface area contributed by atoms with E-state index in [0.717, 1.165) is 10.2 Å². The normalized spacial score (nSPS) is 17.4. The molecule has 1 atom stereocenters. The second-order valence-electron chi connectivity index (χ2n) is 5.28. The van der Waals surface area contributed by atoms with E-state index >= 15 is 0 Å². The number of anilines is 2. The van der Waals surface area contributed by atoms with Crippen LogP contribution in [0.1, 0.15) is 6.42 Å². The molecule has 2 aromatic carbocycles. The molecule has 23 heavy (non-hydrogen) atoms. The summed E-state index contributed by atoms with van der Waals surface area (Å²) in [7, 11) is 0. The Labute approximate surface area is 147 Å². The minimum atomic E-state index is -0.685. The lowest BCUT2D eigenvalue weighted by molar-refractivity contribution is -0.129. The second kappa shape index (κ2) is 6.72. The quantitative estimate of drug-likeness (QED) is 0.798. The molecule has 3 rings (SSSR count). The van der Waals surface area contributed by atoms with Gasteiger partial charge < -0.3 is 10.2 Å². The maximum atomic E-state index is 12.5. The van der Waals surface area contributed by atoms with Crippen LogP contribution in [0, 0.1) is 5.92 Å². The fraction of sp³-hybridized carbons (Fsp3) is 0.176. The Hall–Kier alpha value is -1.85. The van der Waals surface area contributed by atoms with E-state index in [2.05, 4.69) is 21.2 Å². The van der Waals surface area contributed by atoms with E-state index in [1.165, 1.54) is 0 Å². The number of benzene rings is 2. The summed E-state index contributed by atoms with van der Waals surface area (Å²) in [6.45, 7) is 0.529. The zero-order chi connectivity index (χ0) is 16.4. The fourth-order valence-electron chi connectivity index (χ4n) is 2.58. The molecule has 1 aliphatic rings. The average molecular weight is 394 g/mol. The van der Waals surface area contributed by atoms with Crippen molar-refractivity contribution >= 4 is 50.7 Å². The van der Waals surface area contributed by atoms with Crippen molar-refractivity contribution in [1.29, 1.82) is 0 Å². The van der Waals surface area contributed by atoms with Gasteiger partial charge in [-0.3, -0.25) is 9.59 Å². The first-order valence-corrected chi connectivity index (χ1v) is 8.35. The Balaban J connectivity index is 1.72. The smallest absolute Gasteiger partial charge is 0.239 e. The second-order valence-corrected chi connectivity index (χ2v) is 6.60. The highest BCUT2D eigenvalue weighted by atomic mass is 79.9. The number of nitrogens with zero attached hydrogens (tertiary/aromatic N) is 1. The minimum Gasteiger partial charge on any atom is -0.324 e. The Bertz CT molecular complexity index is 749. The number of nitrogens with one attached hydrogen (secondary N) is 1. The Morgan fingerprint density at radius 3 is 2.57 bits per heavy atom. The van der Waals surface area contributed by atoms with Crippen molar-refractivity contribution < 1.29 is 9.59 Å². The number of rotatable bonds is 3. The van der Waals surface area contributed by atoms with Crippen LogP contribution in [-0.2, 0) is 9.59 Å². The third kappa shape index (κ3) is 3.41. The summed E-state index contributed by atoms with van der Waals surface area (Å²) in [5.41, 5.74) is 1.32. The number of hydrogen-bond donors (Lipinski definition) is 1. The van der Waals surface area contributed by atoms with Gasteiger partial charge in [0.25, 0.3) is 0 Å². The molecule has 1 heterocycles. The number of carbonyl (C=O) groups is 2. The van der Waals surface area contributed by atoms with Gasteiger partial charge in [0.15, 0.2) is 0 Å². The molecular formula is C17H14BrClN2O2. The molecule has 2 aromatic rings. The van der Waals surface area contributed by atoms with Gasteiger partial charge in [-0.1, -0.05) is 39.7 Å². The Morgan fingerprint density at radius 1 is 1.17 bits per heavy atom. The summed E-state index contributed by atoms with van der Waals surface area (Å²) < 4.78 is 0.945. The lowest BCUT2D eigenvalue weighted by Gasteiger charge is -2.17. The topological polar surface area (TPSA) is 49.4 Å². The molecule has 0 aromatic heterocycles. The number of carbonyl (C=O) groups excluding carboxylic acids is 2. The van der Waals surface area contributed by atoms with Crippen molar-refractivity contribution in [3.05, 3.63) is 58.0 Å². The highest BCUT2D eigenvalue weighted by molar-refractivity contribution is 9.10. The highest BCUT2D eigenvalue weighted by Crippen LogP contribution is 2.28. The SMILES string of the molecule is O=C(Nc1ccccc1Cl)[C@@H]1CCN(c2ccc(Br)cc2)C1=O. The van der Waals surface area contributed by atoms with Gasteiger partial charge in [0.05, 0.1) is 10.7 Å². The van der Waals surface area contributed by atoms with Crippen LogP contribution < -0.4 is 10.2 Å². The molecule has 6 heteroatoms. The summed E-state index contributed by atoms with van der Waals surface area (Å²) in [5, 5.41) is 3.19. The van der Waals surface area contributed by atoms with E-state index in [9.17, 15) is 9.59 Å². The molecule has 4 nitrogen and oxygen atoms in total. The van der Waals surface area contributed by atoms with Crippen molar-refractivity contribution in [1.82, 2.24) is 0 Å². The predicted molar refractivity (Wildman–Crippen MR) is 94.7 cm³/mol. The molecule has 1 fully saturated rings. The third-order valence-electron chi connectivity index (χ3n) is 3.79. The van der Waals surface area contributed by atoms with E-state index in [-0.39, 0.29) is 11.8 Å². The van der Waals surface area contributed by atoms with Crippen LogP contribution in [0.25, 0.3) is 0 Å². The van der Waals surface area contributed by atoms with Crippen LogP contribution in [0.15, 0.2) is 53.0 Å². The van der Waals surface area contributed by atoms with Gasteiger partial charge in [0.2, 0.25) is 11.8 Å². The number of hydrogen-bond acceptors (Lipinski definition) is 2. The minimum absolute atomic E-state index is 0.183. The number of halogens is 2. The Morgan fingerprint density at radius 2 is 1.87 bits per heavy atom. The molecule has 1 saturated heterocycles. The van der Waals surface area contributed by atoms with E-state index < -0.39 is 5.92 Å². The molecule has 0 saturated carbocycles. The molecule has 2 amide bonds. The molecule has 1 N–H and O–H groups in total. The van der Waals surface area contributed by atoms with Gasteiger partial charge >= 0.3 is 0 Å². The summed E-state index contributed by atoms with van der Waals surface area (Å²) in [6, 6.07) is 14.4. The first-order chi connectivity index (χ1) is 11.1. The van der Waals surface area contributed by atoms with Gasteiger partial charge in [0, 0.05) is 16.7 Å². The van der Waals surface area contributed by atoms with E-state index in [0.29, 0.717) is 23.7 Å². The standard InChI is InChI=1S/C17H14BrClN2O2/c18-11-5-7-12(8-6-11)21-10-9-13(17(21)23)16(22)20-15-4-2-1-3-14(15)19/h1-8,13H,9-10H2,(H,20,22)/t13-/m0/s1. The number of para-hydroxylation sites is 1. The average Bonchev–Trinajstić information content (AvgIpc) is 2.92. The van der Waals surface area contributed by atoms with Crippen LogP contribution in [0.4, 0.5) is 11.4 Å². The largest absolute Gasteiger partial charge is 0.324 e. The third-order valence-corrected chi connectivity index (χ3v) is 4.65. The summed E-state index contributed by atoms with van der Waals surface area (Å²) >= 11 is 9.40. The van der Waals surface area contributed by atoms with Crippen LogP contribution in [0.2, 0.25) is 5.02 Å². The lowest BCUT2D eigenvalue weighted by Crippen LogP contribution is -2.33. The lowest BCUT2D eigenvalue weighted by atomic mass is 10.1. The molecule has 0 bridgehead atoms. The fourth-order valence-corrected chi connectivity index (χ4v) is 3.03. The summed E-state index contributed by atoms with van der Waals surface area (Å²) in [5.74, 6) is -1.19. The van der Waals surface area contributed by atoms with E-state index in [1.807, 2.05) is 24.3 Å². The van der Waals surface area contributed by atoms with Gasteiger partial charge in [-0.25, -0.2) is 0 Å². The molecule has 0 unspecified atom stereocenters. The molecule has 0 spiro atoms. The first kappa shape index (κ1) is 16.0. The Kier molecular flexibility index (Phi) is 4.68. The van der Waals surface area contributed by atoms with Gasteiger partial charge in [-0.05, 0) is 42.8 Å². The molecule has 0 aliphatic carbocycles. The zero-order valence-electron chi connectivity index (χ0n) is 12.1. The maximum Gasteiger partial charge on any atom is 0.239 e. The van der Waals surface area contributed by atoms with E-state index in [4.69, 9.17) is 11.6 Å². The predicted octanol–water partition coefficient (Wildman–Crippen LogP) is 4.09. The van der Waals surface area contributed by atoms with Crippen LogP contribution in [-0.4, -0.2) is 18.4 Å². The number of amides is 2. The first-order valence-electron chi connectivity index (χ1n) is 7.18. The molecule has 1 aliphatic heterocycles. The summed E-state index contributed by atoms with van der Waals surface area (Å²) in [6.07, 6.45) is 0.491. The van der Waals surface area contributed by atoms with Crippen molar-refractivity contribution in [2.45, 2.75) is 6.42 Å². The van der Waals surface area contributed by atoms with E-state index in [1.54, 1.807) is 29.2 Å². The molecular weight excluding hydrogens is 380 g/mol. The van der Waals surface area contributed by atoms with Gasteiger partial charge in [0.1, 0.15) is 5.92 Å². The molecule has 118 valence electrons. The van der Waals surface area contributed by atoms with Gasteiger partial charge in [-0.15, -0.1) is 0 Å². The van der Waals surface area contributed by atoms with Gasteiger partial charge in [-0.2, -0.15) is 0 Å². The van der Waals surface area contributed by atoms with Crippen molar-refractivity contribution in [3.63, 3.8) is 0 Å². The zero-order valence-corrected chi connectivity index (χ0v) is 14.5. The summed E-state index contributed by atoms with van der Waals surface area (Å²) in [4.78, 5) is 26.6. The van der Waals surface area contributed by atoms with Crippen LogP contribution in [0.3, 0.4) is 0 Å². The van der Waals surface area contributed by atoms with Crippen molar-refractivity contribution in [2.24, 2.45) is 5.92 Å². The van der Waals surface area contributed by atoms with Crippen LogP contribution in [0.5, 0.6) is 0 Å². The highest BCUT2D eigenvalue weighted by Gasteiger charge is 2.37. The monoisotopic (exact) mass is 392 g/mol. The maximum absolute atomic E-state index is 12.5. The molecule has 0 radical (unpaired) electrons.